The summed E-state index contributed by atoms with van der Waals surface area (Å²) in [6.45, 7) is 11.1. The van der Waals surface area contributed by atoms with Gasteiger partial charge in [-0.05, 0) is 56.1 Å². The molecule has 0 radical (unpaired) electrons. The van der Waals surface area contributed by atoms with Crippen LogP contribution in [0.25, 0.3) is 0 Å². The Hall–Kier alpha value is -1.09. The molecule has 0 saturated carbocycles. The summed E-state index contributed by atoms with van der Waals surface area (Å²) in [5, 5.41) is 0. The molecule has 1 fully saturated rings. The SMILES string of the molecule is CCC1(CC)CCN(c2ncc(CC(C)N)cc2C)C1. The van der Waals surface area contributed by atoms with Crippen LogP contribution >= 0.6 is 0 Å². The highest BCUT2D eigenvalue weighted by molar-refractivity contribution is 5.48. The molecule has 1 unspecified atom stereocenters. The van der Waals surface area contributed by atoms with Crippen LogP contribution in [-0.4, -0.2) is 24.1 Å². The van der Waals surface area contributed by atoms with Crippen LogP contribution in [0.3, 0.4) is 0 Å². The van der Waals surface area contributed by atoms with Crippen molar-refractivity contribution in [1.29, 1.82) is 0 Å². The van der Waals surface area contributed by atoms with Crippen LogP contribution in [0.15, 0.2) is 12.3 Å². The van der Waals surface area contributed by atoms with E-state index in [4.69, 9.17) is 10.7 Å². The molecule has 20 heavy (non-hydrogen) atoms. The molecule has 2 rings (SSSR count). The first kappa shape index (κ1) is 15.3. The number of nitrogens with two attached hydrogens (primary N) is 1. The molecule has 2 N–H and O–H groups in total. The number of aryl methyl sites for hydroxylation is 1. The summed E-state index contributed by atoms with van der Waals surface area (Å²) >= 11 is 0. The second-order valence-corrected chi connectivity index (χ2v) is 6.54. The van der Waals surface area contributed by atoms with Crippen LogP contribution in [0.1, 0.15) is 51.2 Å². The first-order valence-electron chi connectivity index (χ1n) is 7.95. The maximum atomic E-state index is 5.87. The van der Waals surface area contributed by atoms with Gasteiger partial charge in [0.1, 0.15) is 5.82 Å². The van der Waals surface area contributed by atoms with Crippen molar-refractivity contribution in [3.8, 4) is 0 Å². The molecular weight excluding hydrogens is 246 g/mol. The Balaban J connectivity index is 2.14. The van der Waals surface area contributed by atoms with E-state index in [1.165, 1.54) is 36.2 Å². The van der Waals surface area contributed by atoms with Gasteiger partial charge in [0.25, 0.3) is 0 Å². The highest BCUT2D eigenvalue weighted by Crippen LogP contribution is 2.39. The molecule has 3 heteroatoms. The monoisotopic (exact) mass is 275 g/mol. The Morgan fingerprint density at radius 3 is 2.60 bits per heavy atom. The Labute approximate surface area is 123 Å². The lowest BCUT2D eigenvalue weighted by Gasteiger charge is -2.27. The second kappa shape index (κ2) is 6.13. The first-order valence-corrected chi connectivity index (χ1v) is 7.95. The lowest BCUT2D eigenvalue weighted by molar-refractivity contribution is 0.301. The molecule has 1 aromatic rings. The van der Waals surface area contributed by atoms with Gasteiger partial charge in [0, 0.05) is 25.3 Å². The van der Waals surface area contributed by atoms with E-state index in [1.54, 1.807) is 0 Å². The number of pyridine rings is 1. The predicted octanol–water partition coefficient (Wildman–Crippen LogP) is 3.30. The molecule has 0 aliphatic carbocycles. The Kier molecular flexibility index (Phi) is 4.69. The number of rotatable bonds is 5. The summed E-state index contributed by atoms with van der Waals surface area (Å²) in [4.78, 5) is 7.19. The van der Waals surface area contributed by atoms with Crippen molar-refractivity contribution in [3.05, 3.63) is 23.4 Å². The molecule has 1 aliphatic heterocycles. The third-order valence-corrected chi connectivity index (χ3v) is 4.90. The zero-order valence-electron chi connectivity index (χ0n) is 13.4. The lowest BCUT2D eigenvalue weighted by Crippen LogP contribution is -2.27. The van der Waals surface area contributed by atoms with Crippen LogP contribution in [0.4, 0.5) is 5.82 Å². The average Bonchev–Trinajstić information content (AvgIpc) is 2.83. The van der Waals surface area contributed by atoms with Gasteiger partial charge in [0.05, 0.1) is 0 Å². The van der Waals surface area contributed by atoms with Crippen molar-refractivity contribution in [2.75, 3.05) is 18.0 Å². The Bertz CT molecular complexity index is 450. The van der Waals surface area contributed by atoms with Crippen molar-refractivity contribution >= 4 is 5.82 Å². The van der Waals surface area contributed by atoms with E-state index >= 15 is 0 Å². The summed E-state index contributed by atoms with van der Waals surface area (Å²) in [7, 11) is 0. The van der Waals surface area contributed by atoms with E-state index in [-0.39, 0.29) is 6.04 Å². The van der Waals surface area contributed by atoms with E-state index < -0.39 is 0 Å². The number of nitrogens with zero attached hydrogens (tertiary/aromatic N) is 2. The maximum Gasteiger partial charge on any atom is 0.131 e. The molecule has 0 aromatic carbocycles. The van der Waals surface area contributed by atoms with Gasteiger partial charge in [-0.25, -0.2) is 4.98 Å². The Morgan fingerprint density at radius 1 is 1.40 bits per heavy atom. The molecule has 3 nitrogen and oxygen atoms in total. The summed E-state index contributed by atoms with van der Waals surface area (Å²) < 4.78 is 0. The van der Waals surface area contributed by atoms with Crippen molar-refractivity contribution in [2.45, 2.75) is 59.4 Å². The van der Waals surface area contributed by atoms with Gasteiger partial charge in [-0.3, -0.25) is 0 Å². The molecule has 1 aliphatic rings. The normalized spacial score (nSPS) is 19.4. The largest absolute Gasteiger partial charge is 0.356 e. The topological polar surface area (TPSA) is 42.2 Å². The molecule has 0 bridgehead atoms. The van der Waals surface area contributed by atoms with Crippen LogP contribution in [0.5, 0.6) is 0 Å². The van der Waals surface area contributed by atoms with Crippen molar-refractivity contribution in [3.63, 3.8) is 0 Å². The zero-order valence-corrected chi connectivity index (χ0v) is 13.4. The quantitative estimate of drug-likeness (QED) is 0.896. The smallest absolute Gasteiger partial charge is 0.131 e. The maximum absolute atomic E-state index is 5.87. The molecule has 2 heterocycles. The number of hydrogen-bond acceptors (Lipinski definition) is 3. The highest BCUT2D eigenvalue weighted by Gasteiger charge is 2.35. The number of aromatic nitrogens is 1. The van der Waals surface area contributed by atoms with Gasteiger partial charge in [0.15, 0.2) is 0 Å². The number of anilines is 1. The summed E-state index contributed by atoms with van der Waals surface area (Å²) in [5.41, 5.74) is 8.90. The Morgan fingerprint density at radius 2 is 2.10 bits per heavy atom. The molecule has 112 valence electrons. The van der Waals surface area contributed by atoms with E-state index in [1.807, 2.05) is 13.1 Å². The van der Waals surface area contributed by atoms with Crippen molar-refractivity contribution in [2.24, 2.45) is 11.1 Å². The van der Waals surface area contributed by atoms with Gasteiger partial charge in [0.2, 0.25) is 0 Å². The van der Waals surface area contributed by atoms with E-state index in [0.29, 0.717) is 5.41 Å². The summed E-state index contributed by atoms with van der Waals surface area (Å²) in [5.74, 6) is 1.17. The summed E-state index contributed by atoms with van der Waals surface area (Å²) in [6.07, 6.45) is 6.73. The van der Waals surface area contributed by atoms with E-state index in [2.05, 4.69) is 31.7 Å². The summed E-state index contributed by atoms with van der Waals surface area (Å²) in [6, 6.07) is 2.45. The van der Waals surface area contributed by atoms with Gasteiger partial charge < -0.3 is 10.6 Å². The molecule has 0 spiro atoms. The molecular formula is C17H29N3. The average molecular weight is 275 g/mol. The van der Waals surface area contributed by atoms with Crippen LogP contribution in [0, 0.1) is 12.3 Å². The third-order valence-electron chi connectivity index (χ3n) is 4.90. The second-order valence-electron chi connectivity index (χ2n) is 6.54. The van der Waals surface area contributed by atoms with Crippen LogP contribution in [0.2, 0.25) is 0 Å². The van der Waals surface area contributed by atoms with Gasteiger partial charge >= 0.3 is 0 Å². The minimum Gasteiger partial charge on any atom is -0.356 e. The molecule has 1 aromatic heterocycles. The molecule has 1 atom stereocenters. The van der Waals surface area contributed by atoms with E-state index in [9.17, 15) is 0 Å². The fourth-order valence-corrected chi connectivity index (χ4v) is 3.38. The first-order chi connectivity index (χ1) is 9.49. The molecule has 1 saturated heterocycles. The van der Waals surface area contributed by atoms with E-state index in [0.717, 1.165) is 19.5 Å². The van der Waals surface area contributed by atoms with Gasteiger partial charge in [-0.2, -0.15) is 0 Å². The third kappa shape index (κ3) is 3.14. The van der Waals surface area contributed by atoms with Gasteiger partial charge in [-0.15, -0.1) is 0 Å². The van der Waals surface area contributed by atoms with Gasteiger partial charge in [-0.1, -0.05) is 19.9 Å². The fraction of sp³-hybridized carbons (Fsp3) is 0.706. The van der Waals surface area contributed by atoms with Crippen molar-refractivity contribution in [1.82, 2.24) is 4.98 Å². The molecule has 0 amide bonds. The fourth-order valence-electron chi connectivity index (χ4n) is 3.38. The van der Waals surface area contributed by atoms with Crippen LogP contribution < -0.4 is 10.6 Å². The zero-order chi connectivity index (χ0) is 14.8. The highest BCUT2D eigenvalue weighted by atomic mass is 15.2. The minimum atomic E-state index is 0.196. The van der Waals surface area contributed by atoms with Crippen LogP contribution in [-0.2, 0) is 6.42 Å². The lowest BCUT2D eigenvalue weighted by atomic mass is 9.82. The predicted molar refractivity (Wildman–Crippen MR) is 86.2 cm³/mol. The number of hydrogen-bond donors (Lipinski definition) is 1. The minimum absolute atomic E-state index is 0.196. The standard InChI is InChI=1S/C17H29N3/c1-5-17(6-2)7-8-20(12-17)16-13(3)9-15(11-19-16)10-14(4)18/h9,11,14H,5-8,10,12,18H2,1-4H3. The van der Waals surface area contributed by atoms with Crippen molar-refractivity contribution < 1.29 is 0 Å².